The molecule has 12 aromatic rings. The molecule has 0 bridgehead atoms. The summed E-state index contributed by atoms with van der Waals surface area (Å²) < 4.78 is 10.7. The Morgan fingerprint density at radius 2 is 0.781 bits per heavy atom. The van der Waals surface area contributed by atoms with Crippen molar-refractivity contribution in [1.82, 2.24) is 8.80 Å². The highest BCUT2D eigenvalue weighted by atomic mass is 15.4. The van der Waals surface area contributed by atoms with Crippen LogP contribution >= 0.6 is 0 Å². The van der Waals surface area contributed by atoms with Gasteiger partial charge in [-0.3, -0.25) is 0 Å². The van der Waals surface area contributed by atoms with Gasteiger partial charge in [0.05, 0.1) is 27.3 Å². The van der Waals surface area contributed by atoms with Gasteiger partial charge in [-0.2, -0.15) is 17.9 Å². The van der Waals surface area contributed by atoms with Crippen LogP contribution in [-0.4, -0.2) is 8.80 Å². The number of fused-ring (bicyclic) bond motifs is 13. The highest BCUT2D eigenvalue weighted by Crippen LogP contribution is 2.66. The van der Waals surface area contributed by atoms with Gasteiger partial charge in [-0.25, -0.2) is 0 Å². The van der Waals surface area contributed by atoms with Gasteiger partial charge in [0.25, 0.3) is 11.3 Å². The molecule has 0 atom stereocenters. The standard InChI is InChI=1S/C60H40N4/c1-33-15-13-16-34(2)51(33)49-31-61-57-53-41(39-21-7-11-25-47(39)63(49)57)27-29-45-55(53)60(61)56-46(59(45)43-23-9-5-19-37(43)38-20-6-10-24-44(38)59)30-28-42-40-22-8-12-26-48(40)64-50(32-62(60)58(64)54(42)56)52-35(3)17-14-18-36(52)4/h5-32H,1-4H3/q+2. The molecule has 0 unspecified atom stereocenters. The largest absolute Gasteiger partial charge is 0.308 e. The monoisotopic (exact) mass is 816 g/mol. The molecule has 0 amide bonds. The molecule has 4 nitrogen and oxygen atoms in total. The number of imidazole rings is 2. The summed E-state index contributed by atoms with van der Waals surface area (Å²) in [5.41, 5.74) is 24.8. The molecule has 8 aromatic carbocycles. The van der Waals surface area contributed by atoms with Crippen molar-refractivity contribution < 1.29 is 9.13 Å². The predicted octanol–water partition coefficient (Wildman–Crippen LogP) is 12.5. The Balaban J connectivity index is 1.24. The highest BCUT2D eigenvalue weighted by Gasteiger charge is 2.69. The van der Waals surface area contributed by atoms with Gasteiger partial charge in [0.1, 0.15) is 23.4 Å². The van der Waals surface area contributed by atoms with Crippen LogP contribution in [0.4, 0.5) is 0 Å². The van der Waals surface area contributed by atoms with Crippen molar-refractivity contribution in [1.29, 1.82) is 0 Å². The summed E-state index contributed by atoms with van der Waals surface area (Å²) in [6, 6.07) is 60.3. The van der Waals surface area contributed by atoms with E-state index in [1.165, 1.54) is 144 Å². The van der Waals surface area contributed by atoms with E-state index in [2.05, 4.69) is 216 Å². The van der Waals surface area contributed by atoms with E-state index in [9.17, 15) is 0 Å². The van der Waals surface area contributed by atoms with Crippen LogP contribution in [0.1, 0.15) is 55.6 Å². The smallest absolute Gasteiger partial charge is 0.187 e. The number of pyridine rings is 2. The average molecular weight is 817 g/mol. The normalized spacial score (nSPS) is 15.1. The van der Waals surface area contributed by atoms with Gasteiger partial charge >= 0.3 is 5.66 Å². The van der Waals surface area contributed by atoms with Crippen molar-refractivity contribution in [3.05, 3.63) is 226 Å². The van der Waals surface area contributed by atoms with Gasteiger partial charge in [-0.15, -0.1) is 0 Å². The van der Waals surface area contributed by atoms with Crippen molar-refractivity contribution in [2.75, 3.05) is 0 Å². The molecule has 4 aliphatic rings. The van der Waals surface area contributed by atoms with Gasteiger partial charge in [-0.05, 0) is 95.5 Å². The highest BCUT2D eigenvalue weighted by molar-refractivity contribution is 6.19. The molecule has 0 saturated carbocycles. The van der Waals surface area contributed by atoms with E-state index in [1.54, 1.807) is 0 Å². The van der Waals surface area contributed by atoms with Gasteiger partial charge < -0.3 is 0 Å². The fourth-order valence-electron chi connectivity index (χ4n) is 14.1. The molecular weight excluding hydrogens is 777 g/mol. The zero-order valence-corrected chi connectivity index (χ0v) is 36.0. The fourth-order valence-corrected chi connectivity index (χ4v) is 14.1. The first kappa shape index (κ1) is 33.8. The minimum atomic E-state index is -0.749. The molecule has 2 aliphatic heterocycles. The molecule has 0 N–H and O–H groups in total. The van der Waals surface area contributed by atoms with Crippen LogP contribution in [0, 0.1) is 27.7 Å². The summed E-state index contributed by atoms with van der Waals surface area (Å²) in [6.07, 6.45) is 5.08. The van der Waals surface area contributed by atoms with E-state index in [-0.39, 0.29) is 0 Å². The molecule has 16 rings (SSSR count). The molecule has 64 heavy (non-hydrogen) atoms. The lowest BCUT2D eigenvalue weighted by molar-refractivity contribution is -0.944. The number of para-hydroxylation sites is 2. The number of hydrogen-bond acceptors (Lipinski definition) is 0. The van der Waals surface area contributed by atoms with Crippen LogP contribution < -0.4 is 9.13 Å². The summed E-state index contributed by atoms with van der Waals surface area (Å²) in [6.45, 7) is 9.12. The molecule has 6 heterocycles. The van der Waals surface area contributed by atoms with Crippen LogP contribution in [0.25, 0.3) is 88.3 Å². The summed E-state index contributed by atoms with van der Waals surface area (Å²) in [7, 11) is 0. The number of nitrogens with zero attached hydrogens (tertiary/aromatic N) is 4. The number of aryl methyl sites for hydroxylation is 4. The number of rotatable bonds is 2. The fraction of sp³-hybridized carbons (Fsp3) is 0.100. The topological polar surface area (TPSA) is 16.6 Å². The average Bonchev–Trinajstić information content (AvgIpc) is 4.11. The van der Waals surface area contributed by atoms with E-state index < -0.39 is 11.1 Å². The first-order valence-electron chi connectivity index (χ1n) is 22.7. The third-order valence-corrected chi connectivity index (χ3v) is 16.2. The van der Waals surface area contributed by atoms with Gasteiger partial charge in [-0.1, -0.05) is 146 Å². The Labute approximate surface area is 369 Å². The Morgan fingerprint density at radius 3 is 1.23 bits per heavy atom. The molecule has 0 fully saturated rings. The lowest BCUT2D eigenvalue weighted by Crippen LogP contribution is -2.72. The second-order valence-corrected chi connectivity index (χ2v) is 19.0. The van der Waals surface area contributed by atoms with E-state index in [1.807, 2.05) is 0 Å². The number of hydrogen-bond donors (Lipinski definition) is 0. The van der Waals surface area contributed by atoms with Gasteiger partial charge in [0.2, 0.25) is 0 Å². The third-order valence-electron chi connectivity index (χ3n) is 16.2. The van der Waals surface area contributed by atoms with E-state index in [0.717, 1.165) is 0 Å². The molecule has 4 aromatic heterocycles. The lowest BCUT2D eigenvalue weighted by atomic mass is 9.58. The van der Waals surface area contributed by atoms with Crippen LogP contribution in [0.5, 0.6) is 0 Å². The maximum absolute atomic E-state index is 2.73. The Bertz CT molecular complexity index is 3940. The Kier molecular flexibility index (Phi) is 5.72. The van der Waals surface area contributed by atoms with E-state index in [4.69, 9.17) is 0 Å². The number of aromatic nitrogens is 4. The summed E-state index contributed by atoms with van der Waals surface area (Å²) in [4.78, 5) is 0. The van der Waals surface area contributed by atoms with Gasteiger partial charge in [0, 0.05) is 32.7 Å². The molecular formula is C60H40N4+2. The minimum Gasteiger partial charge on any atom is -0.187 e. The molecule has 0 saturated heterocycles. The van der Waals surface area contributed by atoms with Crippen molar-refractivity contribution in [3.63, 3.8) is 0 Å². The maximum Gasteiger partial charge on any atom is 0.308 e. The molecule has 0 radical (unpaired) electrons. The zero-order chi connectivity index (χ0) is 42.1. The maximum atomic E-state index is 2.73. The van der Waals surface area contributed by atoms with Crippen molar-refractivity contribution in [3.8, 4) is 33.6 Å². The Hall–Kier alpha value is -7.82. The van der Waals surface area contributed by atoms with Crippen LogP contribution in [0.2, 0.25) is 0 Å². The number of benzene rings is 8. The van der Waals surface area contributed by atoms with E-state index in [0.29, 0.717) is 0 Å². The van der Waals surface area contributed by atoms with Crippen molar-refractivity contribution >= 4 is 54.6 Å². The third kappa shape index (κ3) is 3.34. The van der Waals surface area contributed by atoms with Crippen LogP contribution in [0.3, 0.4) is 0 Å². The van der Waals surface area contributed by atoms with Crippen LogP contribution in [0.15, 0.2) is 170 Å². The van der Waals surface area contributed by atoms with Crippen molar-refractivity contribution in [2.45, 2.75) is 38.8 Å². The second-order valence-electron chi connectivity index (χ2n) is 19.0. The zero-order valence-electron chi connectivity index (χ0n) is 36.0. The van der Waals surface area contributed by atoms with E-state index >= 15 is 0 Å². The lowest BCUT2D eigenvalue weighted by Gasteiger charge is -2.43. The predicted molar refractivity (Wildman–Crippen MR) is 257 cm³/mol. The molecule has 2 spiro atoms. The second kappa shape index (κ2) is 10.9. The minimum absolute atomic E-state index is 0.548. The van der Waals surface area contributed by atoms with Gasteiger partial charge in [0.15, 0.2) is 11.4 Å². The Morgan fingerprint density at radius 1 is 0.375 bits per heavy atom. The summed E-state index contributed by atoms with van der Waals surface area (Å²) >= 11 is 0. The first-order valence-corrected chi connectivity index (χ1v) is 22.7. The van der Waals surface area contributed by atoms with Crippen LogP contribution in [-0.2, 0) is 11.1 Å². The van der Waals surface area contributed by atoms with Crippen molar-refractivity contribution in [2.24, 2.45) is 0 Å². The summed E-state index contributed by atoms with van der Waals surface area (Å²) in [5.74, 6) is 0. The quantitative estimate of drug-likeness (QED) is 0.122. The first-order chi connectivity index (χ1) is 31.5. The summed E-state index contributed by atoms with van der Waals surface area (Å²) in [5, 5.41) is 7.84. The molecule has 4 heteroatoms. The molecule has 2 aliphatic carbocycles. The molecule has 298 valence electrons. The SMILES string of the molecule is Cc1cccc(C)c1-c1c[n+]2c3c4c5c(ccc4c4ccccc4n13)C1(c3ccccc3-c3ccccc31)c1ccc3c4ccccc4n4c(-c6c(C)cccc6C)c[n+]6c4c3c1C526.